The second-order valence-corrected chi connectivity index (χ2v) is 8.07. The summed E-state index contributed by atoms with van der Waals surface area (Å²) in [6.07, 6.45) is 0.936. The number of hydrogen-bond donors (Lipinski definition) is 1. The minimum Gasteiger partial charge on any atom is -0.493 e. The molecule has 1 N–H and O–H groups in total. The molecule has 1 unspecified atom stereocenters. The first-order valence-electron chi connectivity index (χ1n) is 9.61. The Labute approximate surface area is 181 Å². The molecule has 0 aliphatic carbocycles. The molecule has 0 saturated heterocycles. The van der Waals surface area contributed by atoms with Crippen LogP contribution in [-0.2, 0) is 6.42 Å². The number of methoxy groups -OCH3 is 3. The van der Waals surface area contributed by atoms with Gasteiger partial charge in [0, 0.05) is 17.6 Å². The fourth-order valence-corrected chi connectivity index (χ4v) is 4.09. The number of hydrogen-bond acceptors (Lipinski definition) is 6. The van der Waals surface area contributed by atoms with Gasteiger partial charge in [0.15, 0.2) is 23.0 Å². The Bertz CT molecular complexity index is 857. The number of rotatable bonds is 8. The van der Waals surface area contributed by atoms with Crippen molar-refractivity contribution in [3.05, 3.63) is 45.4 Å². The molecule has 0 radical (unpaired) electrons. The Morgan fingerprint density at radius 2 is 1.55 bits per heavy atom. The minimum atomic E-state index is 0.00929. The average Bonchev–Trinajstić information content (AvgIpc) is 2.72. The molecule has 1 heterocycles. The van der Waals surface area contributed by atoms with E-state index in [1.54, 1.807) is 21.3 Å². The van der Waals surface area contributed by atoms with E-state index in [2.05, 4.69) is 38.3 Å². The van der Waals surface area contributed by atoms with Gasteiger partial charge in [-0.25, -0.2) is 0 Å². The van der Waals surface area contributed by atoms with Crippen molar-refractivity contribution in [3.8, 4) is 23.0 Å². The normalized spacial score (nSPS) is 15.8. The first-order valence-corrected chi connectivity index (χ1v) is 10.4. The van der Waals surface area contributed by atoms with Gasteiger partial charge in [-0.05, 0) is 61.5 Å². The highest BCUT2D eigenvalue weighted by Crippen LogP contribution is 2.42. The Hall–Kier alpha value is -1.96. The lowest BCUT2D eigenvalue weighted by Gasteiger charge is -2.30. The van der Waals surface area contributed by atoms with Crippen LogP contribution in [-0.4, -0.2) is 60.0 Å². The molecule has 0 saturated carbocycles. The molecule has 3 rings (SSSR count). The van der Waals surface area contributed by atoms with Crippen molar-refractivity contribution in [2.24, 2.45) is 0 Å². The molecule has 0 bridgehead atoms. The third kappa shape index (κ3) is 4.79. The van der Waals surface area contributed by atoms with E-state index in [0.29, 0.717) is 18.1 Å². The highest BCUT2D eigenvalue weighted by atomic mass is 79.9. The molecular weight excluding hydrogens is 436 g/mol. The zero-order valence-corrected chi connectivity index (χ0v) is 19.3. The molecule has 6 nitrogen and oxygen atoms in total. The number of halogens is 1. The van der Waals surface area contributed by atoms with Crippen LogP contribution in [0.1, 0.15) is 22.7 Å². The van der Waals surface area contributed by atoms with Gasteiger partial charge >= 0.3 is 0 Å². The van der Waals surface area contributed by atoms with Crippen LogP contribution in [0, 0.1) is 0 Å². The smallest absolute Gasteiger partial charge is 0.161 e. The van der Waals surface area contributed by atoms with Gasteiger partial charge in [0.25, 0.3) is 0 Å². The zero-order valence-electron chi connectivity index (χ0n) is 17.7. The van der Waals surface area contributed by atoms with Gasteiger partial charge in [-0.15, -0.1) is 0 Å². The van der Waals surface area contributed by atoms with Crippen LogP contribution in [0.4, 0.5) is 0 Å². The van der Waals surface area contributed by atoms with Crippen molar-refractivity contribution >= 4 is 15.9 Å². The van der Waals surface area contributed by atoms with Gasteiger partial charge in [-0.2, -0.15) is 0 Å². The number of nitrogens with zero attached hydrogens (tertiary/aromatic N) is 1. The minimum absolute atomic E-state index is 0.00929. The third-order valence-electron chi connectivity index (χ3n) is 5.09. The van der Waals surface area contributed by atoms with Crippen LogP contribution in [0.15, 0.2) is 28.7 Å². The summed E-state index contributed by atoms with van der Waals surface area (Å²) in [5.74, 6) is 2.94. The van der Waals surface area contributed by atoms with Crippen LogP contribution in [0.25, 0.3) is 0 Å². The Morgan fingerprint density at radius 3 is 2.21 bits per heavy atom. The SMILES string of the molecule is COc1cc(Br)c(C2NCCc3cc(OC)c(OCCN(C)C)cc32)cc1OC. The van der Waals surface area contributed by atoms with Crippen LogP contribution < -0.4 is 24.3 Å². The van der Waals surface area contributed by atoms with Gasteiger partial charge in [0.05, 0.1) is 27.4 Å². The monoisotopic (exact) mass is 464 g/mol. The molecular formula is C22H29BrN2O4. The third-order valence-corrected chi connectivity index (χ3v) is 5.78. The fourth-order valence-electron chi connectivity index (χ4n) is 3.54. The highest BCUT2D eigenvalue weighted by molar-refractivity contribution is 9.10. The largest absolute Gasteiger partial charge is 0.493 e. The topological polar surface area (TPSA) is 52.2 Å². The summed E-state index contributed by atoms with van der Waals surface area (Å²) >= 11 is 3.71. The van der Waals surface area contributed by atoms with Gasteiger partial charge in [-0.1, -0.05) is 15.9 Å². The van der Waals surface area contributed by atoms with Crippen LogP contribution in [0.3, 0.4) is 0 Å². The van der Waals surface area contributed by atoms with E-state index in [1.807, 2.05) is 26.2 Å². The molecule has 0 fully saturated rings. The summed E-state index contributed by atoms with van der Waals surface area (Å²) < 4.78 is 23.6. The van der Waals surface area contributed by atoms with Crippen molar-refractivity contribution in [2.75, 3.05) is 55.1 Å². The number of benzene rings is 2. The molecule has 7 heteroatoms. The summed E-state index contributed by atoms with van der Waals surface area (Å²) in [6.45, 7) is 2.31. The molecule has 0 aromatic heterocycles. The Morgan fingerprint density at radius 1 is 0.931 bits per heavy atom. The second kappa shape index (κ2) is 9.69. The quantitative estimate of drug-likeness (QED) is 0.643. The maximum Gasteiger partial charge on any atom is 0.161 e. The summed E-state index contributed by atoms with van der Waals surface area (Å²) in [7, 11) is 9.04. The standard InChI is InChI=1S/C22H29BrN2O4/c1-25(2)8-9-29-21-11-15-14(10-18(21)26-3)6-7-24-22(15)16-12-19(27-4)20(28-5)13-17(16)23/h10-13,22,24H,6-9H2,1-5H3. The van der Waals surface area contributed by atoms with E-state index in [1.165, 1.54) is 11.1 Å². The van der Waals surface area contributed by atoms with E-state index < -0.39 is 0 Å². The zero-order chi connectivity index (χ0) is 21.0. The first-order chi connectivity index (χ1) is 14.0. The van der Waals surface area contributed by atoms with E-state index in [0.717, 1.165) is 41.0 Å². The van der Waals surface area contributed by atoms with Gasteiger partial charge in [0.2, 0.25) is 0 Å². The summed E-state index contributed by atoms with van der Waals surface area (Å²) in [6, 6.07) is 8.18. The highest BCUT2D eigenvalue weighted by Gasteiger charge is 2.27. The van der Waals surface area contributed by atoms with Crippen LogP contribution in [0.5, 0.6) is 23.0 Å². The lowest BCUT2D eigenvalue weighted by molar-refractivity contribution is 0.250. The molecule has 1 aliphatic rings. The molecule has 1 aliphatic heterocycles. The average molecular weight is 465 g/mol. The van der Waals surface area contributed by atoms with Gasteiger partial charge in [0.1, 0.15) is 6.61 Å². The van der Waals surface area contributed by atoms with E-state index >= 15 is 0 Å². The molecule has 0 amide bonds. The number of ether oxygens (including phenoxy) is 4. The van der Waals surface area contributed by atoms with Crippen molar-refractivity contribution in [3.63, 3.8) is 0 Å². The predicted octanol–water partition coefficient (Wildman–Crippen LogP) is 3.65. The lowest BCUT2D eigenvalue weighted by Crippen LogP contribution is -2.31. The fraction of sp³-hybridized carbons (Fsp3) is 0.455. The first kappa shape index (κ1) is 21.7. The van der Waals surface area contributed by atoms with Crippen molar-refractivity contribution in [1.29, 1.82) is 0 Å². The van der Waals surface area contributed by atoms with Crippen molar-refractivity contribution in [2.45, 2.75) is 12.5 Å². The van der Waals surface area contributed by atoms with Gasteiger partial charge < -0.3 is 29.2 Å². The van der Waals surface area contributed by atoms with Crippen molar-refractivity contribution < 1.29 is 18.9 Å². The van der Waals surface area contributed by atoms with Crippen LogP contribution in [0.2, 0.25) is 0 Å². The van der Waals surface area contributed by atoms with E-state index in [9.17, 15) is 0 Å². The summed E-state index contributed by atoms with van der Waals surface area (Å²) in [5, 5.41) is 3.63. The van der Waals surface area contributed by atoms with E-state index in [4.69, 9.17) is 18.9 Å². The molecule has 29 heavy (non-hydrogen) atoms. The van der Waals surface area contributed by atoms with Gasteiger partial charge in [-0.3, -0.25) is 0 Å². The molecule has 1 atom stereocenters. The van der Waals surface area contributed by atoms with Crippen LogP contribution >= 0.6 is 15.9 Å². The number of fused-ring (bicyclic) bond motifs is 1. The Balaban J connectivity index is 2.01. The lowest BCUT2D eigenvalue weighted by atomic mass is 9.89. The maximum atomic E-state index is 6.05. The summed E-state index contributed by atoms with van der Waals surface area (Å²) in [5.41, 5.74) is 3.53. The molecule has 0 spiro atoms. The van der Waals surface area contributed by atoms with Crippen molar-refractivity contribution in [1.82, 2.24) is 10.2 Å². The second-order valence-electron chi connectivity index (χ2n) is 7.22. The molecule has 158 valence electrons. The molecule has 2 aromatic rings. The molecule has 2 aromatic carbocycles. The summed E-state index contributed by atoms with van der Waals surface area (Å²) in [4.78, 5) is 2.09. The maximum absolute atomic E-state index is 6.05. The number of nitrogens with one attached hydrogen (secondary N) is 1. The predicted molar refractivity (Wildman–Crippen MR) is 118 cm³/mol. The van der Waals surface area contributed by atoms with E-state index in [-0.39, 0.29) is 6.04 Å². The Kier molecular flexibility index (Phi) is 7.27. The number of likely N-dealkylation sites (N-methyl/N-ethyl adjacent to an activating group) is 1.